The standard InChI is InChI=1S/C58H36N2OS/c1-2-17-39(18-3-1)59-51-27-9-6-20-43(51)46-24-13-25-47(55(46)59)48-35-36-49-44-21-7-10-29-53(44)61-57(49)56(48)60(52-28-14-26-50-45-22-8-11-30-54(45)62-58(50)52)40-33-31-38(32-34-40)42-23-12-16-37-15-4-5-19-41(37)42/h1-36H. The van der Waals surface area contributed by atoms with Gasteiger partial charge in [0, 0.05) is 59.5 Å². The van der Waals surface area contributed by atoms with Crippen molar-refractivity contribution in [2.75, 3.05) is 4.90 Å². The van der Waals surface area contributed by atoms with Gasteiger partial charge in [0.15, 0.2) is 5.58 Å². The van der Waals surface area contributed by atoms with E-state index in [1.807, 2.05) is 11.3 Å². The lowest BCUT2D eigenvalue weighted by atomic mass is 9.96. The molecule has 0 fully saturated rings. The fourth-order valence-corrected chi connectivity index (χ4v) is 11.1. The van der Waals surface area contributed by atoms with Crippen molar-refractivity contribution in [1.82, 2.24) is 4.57 Å². The fourth-order valence-electron chi connectivity index (χ4n) is 9.86. The first-order chi connectivity index (χ1) is 30.8. The molecule has 4 heteroatoms. The van der Waals surface area contributed by atoms with Crippen molar-refractivity contribution in [3.05, 3.63) is 218 Å². The normalized spacial score (nSPS) is 11.9. The van der Waals surface area contributed by atoms with Crippen LogP contribution in [0.3, 0.4) is 0 Å². The molecule has 3 aromatic heterocycles. The van der Waals surface area contributed by atoms with E-state index in [0.717, 1.165) is 61.3 Å². The molecular weight excluding hydrogens is 773 g/mol. The third kappa shape index (κ3) is 5.24. The Bertz CT molecular complexity index is 3870. The van der Waals surface area contributed by atoms with E-state index in [9.17, 15) is 0 Å². The van der Waals surface area contributed by atoms with Crippen LogP contribution < -0.4 is 4.90 Å². The quantitative estimate of drug-likeness (QED) is 0.167. The average molecular weight is 809 g/mol. The maximum absolute atomic E-state index is 7.12. The van der Waals surface area contributed by atoms with Crippen molar-refractivity contribution < 1.29 is 4.42 Å². The second-order valence-electron chi connectivity index (χ2n) is 16.0. The number of para-hydroxylation sites is 4. The van der Waals surface area contributed by atoms with Crippen LogP contribution in [-0.4, -0.2) is 4.57 Å². The number of fused-ring (bicyclic) bond motifs is 10. The highest BCUT2D eigenvalue weighted by Crippen LogP contribution is 2.52. The van der Waals surface area contributed by atoms with Gasteiger partial charge in [-0.1, -0.05) is 164 Å². The van der Waals surface area contributed by atoms with E-state index in [4.69, 9.17) is 4.42 Å². The number of benzene rings is 10. The lowest BCUT2D eigenvalue weighted by Gasteiger charge is -2.29. The molecule has 0 radical (unpaired) electrons. The molecule has 0 spiro atoms. The van der Waals surface area contributed by atoms with Crippen LogP contribution in [0.2, 0.25) is 0 Å². The van der Waals surface area contributed by atoms with Crippen molar-refractivity contribution in [1.29, 1.82) is 0 Å². The second-order valence-corrected chi connectivity index (χ2v) is 17.0. The van der Waals surface area contributed by atoms with Gasteiger partial charge >= 0.3 is 0 Å². The summed E-state index contributed by atoms with van der Waals surface area (Å²) in [5.41, 5.74) is 12.9. The number of nitrogens with zero attached hydrogens (tertiary/aromatic N) is 2. The number of furan rings is 1. The molecular formula is C58H36N2OS. The first kappa shape index (κ1) is 34.9. The summed E-state index contributed by atoms with van der Waals surface area (Å²) in [5.74, 6) is 0. The zero-order valence-corrected chi connectivity index (χ0v) is 34.3. The summed E-state index contributed by atoms with van der Waals surface area (Å²) in [6.07, 6.45) is 0. The molecule has 13 rings (SSSR count). The molecule has 0 saturated carbocycles. The lowest BCUT2D eigenvalue weighted by molar-refractivity contribution is 0.669. The molecule has 0 saturated heterocycles. The summed E-state index contributed by atoms with van der Waals surface area (Å²) < 4.78 is 12.0. The Hall–Kier alpha value is -7.92. The highest BCUT2D eigenvalue weighted by Gasteiger charge is 2.28. The Morgan fingerprint density at radius 2 is 1.08 bits per heavy atom. The molecule has 0 aliphatic rings. The summed E-state index contributed by atoms with van der Waals surface area (Å²) >= 11 is 1.85. The number of hydrogen-bond donors (Lipinski definition) is 0. The Labute approximate surface area is 361 Å². The Morgan fingerprint density at radius 1 is 0.419 bits per heavy atom. The summed E-state index contributed by atoms with van der Waals surface area (Å²) in [7, 11) is 0. The molecule has 3 nitrogen and oxygen atoms in total. The highest BCUT2D eigenvalue weighted by atomic mass is 32.1. The van der Waals surface area contributed by atoms with E-state index in [1.54, 1.807) is 0 Å². The van der Waals surface area contributed by atoms with E-state index in [2.05, 4.69) is 228 Å². The van der Waals surface area contributed by atoms with Crippen LogP contribution in [0.15, 0.2) is 223 Å². The second kappa shape index (κ2) is 13.8. The van der Waals surface area contributed by atoms with Crippen LogP contribution >= 0.6 is 11.3 Å². The van der Waals surface area contributed by atoms with Crippen LogP contribution in [0.4, 0.5) is 17.1 Å². The van der Waals surface area contributed by atoms with Crippen LogP contribution in [0.25, 0.3) is 103 Å². The van der Waals surface area contributed by atoms with E-state index >= 15 is 0 Å². The molecule has 0 N–H and O–H groups in total. The van der Waals surface area contributed by atoms with Gasteiger partial charge in [0.1, 0.15) is 5.58 Å². The van der Waals surface area contributed by atoms with E-state index in [0.29, 0.717) is 0 Å². The van der Waals surface area contributed by atoms with Gasteiger partial charge in [-0.2, -0.15) is 0 Å². The maximum Gasteiger partial charge on any atom is 0.160 e. The van der Waals surface area contributed by atoms with Gasteiger partial charge in [-0.25, -0.2) is 0 Å². The molecule has 0 bridgehead atoms. The van der Waals surface area contributed by atoms with Gasteiger partial charge in [-0.15, -0.1) is 11.3 Å². The molecule has 10 aromatic carbocycles. The Kier molecular flexibility index (Phi) is 7.78. The zero-order valence-electron chi connectivity index (χ0n) is 33.5. The monoisotopic (exact) mass is 808 g/mol. The summed E-state index contributed by atoms with van der Waals surface area (Å²) in [6, 6.07) is 79.2. The third-order valence-electron chi connectivity index (χ3n) is 12.6. The molecule has 290 valence electrons. The first-order valence-electron chi connectivity index (χ1n) is 21.1. The molecule has 3 heterocycles. The minimum absolute atomic E-state index is 0.847. The number of hydrogen-bond acceptors (Lipinski definition) is 3. The Morgan fingerprint density at radius 3 is 1.97 bits per heavy atom. The fraction of sp³-hybridized carbons (Fsp3) is 0. The van der Waals surface area contributed by atoms with Crippen molar-refractivity contribution in [3.63, 3.8) is 0 Å². The predicted molar refractivity (Wildman–Crippen MR) is 264 cm³/mol. The smallest absolute Gasteiger partial charge is 0.160 e. The van der Waals surface area contributed by atoms with Gasteiger partial charge in [-0.3, -0.25) is 0 Å². The largest absolute Gasteiger partial charge is 0.454 e. The van der Waals surface area contributed by atoms with Crippen LogP contribution in [0, 0.1) is 0 Å². The third-order valence-corrected chi connectivity index (χ3v) is 13.8. The van der Waals surface area contributed by atoms with E-state index < -0.39 is 0 Å². The zero-order chi connectivity index (χ0) is 40.7. The summed E-state index contributed by atoms with van der Waals surface area (Å²) in [5, 5.41) is 9.58. The van der Waals surface area contributed by atoms with Crippen molar-refractivity contribution >= 4 is 103 Å². The van der Waals surface area contributed by atoms with Gasteiger partial charge in [-0.05, 0) is 76.5 Å². The number of thiophene rings is 1. The first-order valence-corrected chi connectivity index (χ1v) is 21.9. The van der Waals surface area contributed by atoms with Gasteiger partial charge in [0.25, 0.3) is 0 Å². The number of anilines is 3. The number of aromatic nitrogens is 1. The molecule has 13 aromatic rings. The van der Waals surface area contributed by atoms with Crippen molar-refractivity contribution in [2.24, 2.45) is 0 Å². The molecule has 62 heavy (non-hydrogen) atoms. The van der Waals surface area contributed by atoms with Crippen molar-refractivity contribution in [2.45, 2.75) is 0 Å². The predicted octanol–water partition coefficient (Wildman–Crippen LogP) is 17.0. The van der Waals surface area contributed by atoms with E-state index in [1.165, 1.54) is 58.4 Å². The highest BCUT2D eigenvalue weighted by molar-refractivity contribution is 7.26. The van der Waals surface area contributed by atoms with Gasteiger partial charge in [0.05, 0.1) is 27.1 Å². The van der Waals surface area contributed by atoms with Crippen LogP contribution in [0.1, 0.15) is 0 Å². The molecule has 0 unspecified atom stereocenters. The average Bonchev–Trinajstić information content (AvgIpc) is 4.02. The van der Waals surface area contributed by atoms with Crippen molar-refractivity contribution in [3.8, 4) is 27.9 Å². The maximum atomic E-state index is 7.12. The molecule has 0 amide bonds. The Balaban J connectivity index is 1.16. The molecule has 0 aliphatic carbocycles. The molecule has 0 aliphatic heterocycles. The van der Waals surface area contributed by atoms with Gasteiger partial charge < -0.3 is 13.9 Å². The minimum atomic E-state index is 0.847. The number of rotatable bonds is 6. The minimum Gasteiger partial charge on any atom is -0.454 e. The van der Waals surface area contributed by atoms with Crippen LogP contribution in [-0.2, 0) is 0 Å². The lowest BCUT2D eigenvalue weighted by Crippen LogP contribution is -2.12. The van der Waals surface area contributed by atoms with Gasteiger partial charge in [0.2, 0.25) is 0 Å². The topological polar surface area (TPSA) is 21.3 Å². The summed E-state index contributed by atoms with van der Waals surface area (Å²) in [6.45, 7) is 0. The van der Waals surface area contributed by atoms with Crippen LogP contribution in [0.5, 0.6) is 0 Å². The SMILES string of the molecule is c1ccc(-n2c3ccccc3c3cccc(-c4ccc5c(oc6ccccc65)c4N(c4ccc(-c5cccc6ccccc56)cc4)c4cccc5c4sc4ccccc45)c32)cc1. The molecule has 0 atom stereocenters. The van der Waals surface area contributed by atoms with E-state index in [-0.39, 0.29) is 0 Å². The summed E-state index contributed by atoms with van der Waals surface area (Å²) in [4.78, 5) is 2.47.